The molecule has 1 aliphatic heterocycles. The molecule has 1 saturated heterocycles. The lowest BCUT2D eigenvalue weighted by Crippen LogP contribution is -2.28. The van der Waals surface area contributed by atoms with Crippen molar-refractivity contribution in [2.75, 3.05) is 16.8 Å². The minimum Gasteiger partial charge on any atom is -0.312 e. The van der Waals surface area contributed by atoms with Gasteiger partial charge in [-0.2, -0.15) is 0 Å². The van der Waals surface area contributed by atoms with Gasteiger partial charge in [-0.25, -0.2) is 4.98 Å². The Bertz CT molecular complexity index is 643. The molecule has 1 N–H and O–H groups in total. The van der Waals surface area contributed by atoms with Gasteiger partial charge in [0.25, 0.3) is 0 Å². The molecule has 0 aliphatic carbocycles. The maximum Gasteiger partial charge on any atom is 0.230 e. The zero-order valence-corrected chi connectivity index (χ0v) is 11.4. The number of amides is 2. The number of anilines is 2. The summed E-state index contributed by atoms with van der Waals surface area (Å²) in [5, 5.41) is 2.75. The van der Waals surface area contributed by atoms with E-state index < -0.39 is 0 Å². The summed E-state index contributed by atoms with van der Waals surface area (Å²) in [4.78, 5) is 30.0. The van der Waals surface area contributed by atoms with Gasteiger partial charge in [-0.15, -0.1) is 0 Å². The largest absolute Gasteiger partial charge is 0.312 e. The SMILES string of the molecule is O=C(Nc1ccccn1)[C@@H]1CC(=O)N(c2ccccc2)C1. The van der Waals surface area contributed by atoms with E-state index in [0.29, 0.717) is 12.4 Å². The quantitative estimate of drug-likeness (QED) is 0.936. The monoisotopic (exact) mass is 281 g/mol. The molecule has 106 valence electrons. The number of hydrogen-bond acceptors (Lipinski definition) is 3. The Morgan fingerprint density at radius 3 is 2.62 bits per heavy atom. The standard InChI is InChI=1S/C16H15N3O2/c20-15-10-12(11-19(15)13-6-2-1-3-7-13)16(21)18-14-8-4-5-9-17-14/h1-9,12H,10-11H2,(H,17,18,21)/t12-/m1/s1. The molecule has 3 rings (SSSR count). The second-order valence-corrected chi connectivity index (χ2v) is 4.95. The van der Waals surface area contributed by atoms with Crippen LogP contribution in [0.4, 0.5) is 11.5 Å². The van der Waals surface area contributed by atoms with Crippen LogP contribution in [-0.2, 0) is 9.59 Å². The summed E-state index contributed by atoms with van der Waals surface area (Å²) in [6.07, 6.45) is 1.85. The van der Waals surface area contributed by atoms with E-state index in [1.807, 2.05) is 30.3 Å². The molecule has 0 bridgehead atoms. The number of benzene rings is 1. The van der Waals surface area contributed by atoms with E-state index in [2.05, 4.69) is 10.3 Å². The normalized spacial score (nSPS) is 17.8. The van der Waals surface area contributed by atoms with Gasteiger partial charge in [-0.1, -0.05) is 24.3 Å². The third-order valence-corrected chi connectivity index (χ3v) is 3.48. The molecule has 1 atom stereocenters. The van der Waals surface area contributed by atoms with Crippen molar-refractivity contribution in [3.05, 3.63) is 54.7 Å². The molecular formula is C16H15N3O2. The van der Waals surface area contributed by atoms with E-state index in [9.17, 15) is 9.59 Å². The van der Waals surface area contributed by atoms with Crippen LogP contribution in [0, 0.1) is 5.92 Å². The van der Waals surface area contributed by atoms with Crippen LogP contribution in [0.5, 0.6) is 0 Å². The highest BCUT2D eigenvalue weighted by Gasteiger charge is 2.35. The number of para-hydroxylation sites is 1. The average Bonchev–Trinajstić information content (AvgIpc) is 2.91. The second-order valence-electron chi connectivity index (χ2n) is 4.95. The first-order valence-electron chi connectivity index (χ1n) is 6.81. The summed E-state index contributed by atoms with van der Waals surface area (Å²) in [6, 6.07) is 14.7. The number of pyridine rings is 1. The Balaban J connectivity index is 1.68. The highest BCUT2D eigenvalue weighted by atomic mass is 16.2. The molecule has 1 aromatic heterocycles. The highest BCUT2D eigenvalue weighted by molar-refractivity contribution is 6.03. The molecule has 0 radical (unpaired) electrons. The number of aromatic nitrogens is 1. The van der Waals surface area contributed by atoms with Gasteiger partial charge in [0.1, 0.15) is 5.82 Å². The van der Waals surface area contributed by atoms with Crippen LogP contribution >= 0.6 is 0 Å². The lowest BCUT2D eigenvalue weighted by Gasteiger charge is -2.16. The molecule has 21 heavy (non-hydrogen) atoms. The Morgan fingerprint density at radius 1 is 1.14 bits per heavy atom. The van der Waals surface area contributed by atoms with Crippen LogP contribution in [0.2, 0.25) is 0 Å². The Hall–Kier alpha value is -2.69. The maximum absolute atomic E-state index is 12.2. The first-order chi connectivity index (χ1) is 10.2. The minimum atomic E-state index is -0.347. The Labute approximate surface area is 122 Å². The molecule has 2 aromatic rings. The van der Waals surface area contributed by atoms with Crippen molar-refractivity contribution in [1.29, 1.82) is 0 Å². The number of nitrogens with one attached hydrogen (secondary N) is 1. The zero-order chi connectivity index (χ0) is 14.7. The second kappa shape index (κ2) is 5.75. The Morgan fingerprint density at radius 2 is 1.90 bits per heavy atom. The molecule has 0 unspecified atom stereocenters. The van der Waals surface area contributed by atoms with E-state index >= 15 is 0 Å². The molecule has 0 saturated carbocycles. The first kappa shape index (κ1) is 13.3. The molecule has 2 heterocycles. The van der Waals surface area contributed by atoms with Crippen molar-refractivity contribution in [2.24, 2.45) is 5.92 Å². The van der Waals surface area contributed by atoms with Crippen LogP contribution in [0.25, 0.3) is 0 Å². The Kier molecular flexibility index (Phi) is 3.64. The van der Waals surface area contributed by atoms with Gasteiger partial charge in [0, 0.05) is 24.8 Å². The minimum absolute atomic E-state index is 0.0256. The number of nitrogens with zero attached hydrogens (tertiary/aromatic N) is 2. The fourth-order valence-electron chi connectivity index (χ4n) is 2.41. The smallest absolute Gasteiger partial charge is 0.230 e. The lowest BCUT2D eigenvalue weighted by molar-refractivity contribution is -0.122. The number of carbonyl (C=O) groups excluding carboxylic acids is 2. The van der Waals surface area contributed by atoms with Gasteiger partial charge in [0.2, 0.25) is 11.8 Å². The van der Waals surface area contributed by atoms with E-state index in [1.54, 1.807) is 29.3 Å². The fraction of sp³-hybridized carbons (Fsp3) is 0.188. The summed E-state index contributed by atoms with van der Waals surface area (Å²) in [5.41, 5.74) is 0.829. The van der Waals surface area contributed by atoms with Gasteiger partial charge >= 0.3 is 0 Å². The summed E-state index contributed by atoms with van der Waals surface area (Å²) in [6.45, 7) is 0.404. The third-order valence-electron chi connectivity index (χ3n) is 3.48. The third kappa shape index (κ3) is 2.91. The molecule has 0 spiro atoms. The maximum atomic E-state index is 12.2. The summed E-state index contributed by atoms with van der Waals surface area (Å²) in [7, 11) is 0. The van der Waals surface area contributed by atoms with Gasteiger partial charge in [-0.3, -0.25) is 9.59 Å². The molecule has 1 aliphatic rings. The van der Waals surface area contributed by atoms with Crippen LogP contribution in [0.1, 0.15) is 6.42 Å². The molecule has 2 amide bonds. The number of rotatable bonds is 3. The van der Waals surface area contributed by atoms with Crippen molar-refractivity contribution in [3.63, 3.8) is 0 Å². The summed E-state index contributed by atoms with van der Waals surface area (Å²) >= 11 is 0. The van der Waals surface area contributed by atoms with Crippen molar-refractivity contribution in [3.8, 4) is 0 Å². The van der Waals surface area contributed by atoms with E-state index in [1.165, 1.54) is 0 Å². The molecule has 1 fully saturated rings. The highest BCUT2D eigenvalue weighted by Crippen LogP contribution is 2.25. The summed E-state index contributed by atoms with van der Waals surface area (Å²) in [5.74, 6) is -0.0318. The van der Waals surface area contributed by atoms with Gasteiger partial charge < -0.3 is 10.2 Å². The van der Waals surface area contributed by atoms with Crippen molar-refractivity contribution >= 4 is 23.3 Å². The predicted octanol–water partition coefficient (Wildman–Crippen LogP) is 2.07. The van der Waals surface area contributed by atoms with Crippen LogP contribution in [-0.4, -0.2) is 23.3 Å². The summed E-state index contributed by atoms with van der Waals surface area (Å²) < 4.78 is 0. The van der Waals surface area contributed by atoms with Gasteiger partial charge in [-0.05, 0) is 24.3 Å². The van der Waals surface area contributed by atoms with E-state index in [0.717, 1.165) is 5.69 Å². The van der Waals surface area contributed by atoms with Crippen molar-refractivity contribution in [1.82, 2.24) is 4.98 Å². The first-order valence-corrected chi connectivity index (χ1v) is 6.81. The van der Waals surface area contributed by atoms with Gasteiger partial charge in [0.05, 0.1) is 5.92 Å². The zero-order valence-electron chi connectivity index (χ0n) is 11.4. The van der Waals surface area contributed by atoms with E-state index in [-0.39, 0.29) is 24.2 Å². The van der Waals surface area contributed by atoms with Crippen LogP contribution in [0.15, 0.2) is 54.7 Å². The molecule has 1 aromatic carbocycles. The van der Waals surface area contributed by atoms with E-state index in [4.69, 9.17) is 0 Å². The molecule has 5 heteroatoms. The molecular weight excluding hydrogens is 266 g/mol. The van der Waals surface area contributed by atoms with Crippen LogP contribution < -0.4 is 10.2 Å². The predicted molar refractivity (Wildman–Crippen MR) is 79.8 cm³/mol. The van der Waals surface area contributed by atoms with Crippen LogP contribution in [0.3, 0.4) is 0 Å². The molecule has 5 nitrogen and oxygen atoms in total. The number of carbonyl (C=O) groups is 2. The van der Waals surface area contributed by atoms with Gasteiger partial charge in [0.15, 0.2) is 0 Å². The van der Waals surface area contributed by atoms with Crippen molar-refractivity contribution < 1.29 is 9.59 Å². The topological polar surface area (TPSA) is 62.3 Å². The number of hydrogen-bond donors (Lipinski definition) is 1. The average molecular weight is 281 g/mol. The lowest BCUT2D eigenvalue weighted by atomic mass is 10.1. The fourth-order valence-corrected chi connectivity index (χ4v) is 2.41. The van der Waals surface area contributed by atoms with Crippen molar-refractivity contribution in [2.45, 2.75) is 6.42 Å².